The van der Waals surface area contributed by atoms with E-state index in [0.29, 0.717) is 31.2 Å². The van der Waals surface area contributed by atoms with E-state index in [1.807, 2.05) is 0 Å². The van der Waals surface area contributed by atoms with Crippen molar-refractivity contribution in [2.45, 2.75) is 13.0 Å². The first-order valence-corrected chi connectivity index (χ1v) is 9.45. The molecular weight excluding hydrogens is 490 g/mol. The third kappa shape index (κ3) is 3.96. The number of aromatic hydroxyl groups is 1. The van der Waals surface area contributed by atoms with Crippen LogP contribution in [0.2, 0.25) is 0 Å². The summed E-state index contributed by atoms with van der Waals surface area (Å²) in [6.07, 6.45) is 5.08. The molecule has 2 amide bonds. The average Bonchev–Trinajstić information content (AvgIpc) is 3.36. The number of amides is 2. The predicted molar refractivity (Wildman–Crippen MR) is 116 cm³/mol. The van der Waals surface area contributed by atoms with Crippen molar-refractivity contribution in [2.24, 2.45) is 28.7 Å². The van der Waals surface area contributed by atoms with Crippen molar-refractivity contribution in [1.82, 2.24) is 15.5 Å². The zero-order valence-electron chi connectivity index (χ0n) is 16.0. The van der Waals surface area contributed by atoms with Gasteiger partial charge in [0.05, 0.1) is 11.8 Å². The number of imide groups is 1. The van der Waals surface area contributed by atoms with Crippen LogP contribution in [0.25, 0.3) is 0 Å². The first-order valence-electron chi connectivity index (χ1n) is 9.45. The molecule has 0 spiro atoms. The largest absolute Gasteiger partial charge is 0.505 e. The standard InChI is InChI=1S/C20H23FN4O3.HI/c1-22-20(24-10-11-2-5-15(26)14(21)8-11)23-6-7-25-18(27)16-12-3-4-13(9-12)17(16)19(25)28;/h2-5,8,12-13,16-17,26H,6-7,9-10H2,1H3,(H2,22,23,24);1H. The van der Waals surface area contributed by atoms with Crippen LogP contribution in [-0.4, -0.2) is 47.9 Å². The maximum Gasteiger partial charge on any atom is 0.233 e. The van der Waals surface area contributed by atoms with Gasteiger partial charge in [0.1, 0.15) is 0 Å². The summed E-state index contributed by atoms with van der Waals surface area (Å²) in [6, 6.07) is 4.16. The summed E-state index contributed by atoms with van der Waals surface area (Å²) in [5.41, 5.74) is 0.652. The molecule has 1 heterocycles. The molecule has 0 aromatic heterocycles. The maximum atomic E-state index is 13.4. The summed E-state index contributed by atoms with van der Waals surface area (Å²) in [5, 5.41) is 15.3. The van der Waals surface area contributed by atoms with E-state index in [-0.39, 0.29) is 65.2 Å². The normalized spacial score (nSPS) is 27.2. The van der Waals surface area contributed by atoms with Crippen molar-refractivity contribution in [1.29, 1.82) is 0 Å². The summed E-state index contributed by atoms with van der Waals surface area (Å²) in [6.45, 7) is 0.986. The Kier molecular flexibility index (Phi) is 6.45. The van der Waals surface area contributed by atoms with E-state index < -0.39 is 5.82 Å². The molecule has 3 aliphatic rings. The number of guanidine groups is 1. The number of phenolic OH excluding ortho intramolecular Hbond substituents is 1. The van der Waals surface area contributed by atoms with Crippen LogP contribution < -0.4 is 10.6 Å². The molecule has 2 bridgehead atoms. The number of hydrogen-bond donors (Lipinski definition) is 3. The molecule has 29 heavy (non-hydrogen) atoms. The lowest BCUT2D eigenvalue weighted by atomic mass is 9.85. The lowest BCUT2D eigenvalue weighted by Gasteiger charge is -2.18. The number of nitrogens with one attached hydrogen (secondary N) is 2. The third-order valence-electron chi connectivity index (χ3n) is 5.89. The lowest BCUT2D eigenvalue weighted by Crippen LogP contribution is -2.43. The molecule has 1 saturated carbocycles. The van der Waals surface area contributed by atoms with Crippen LogP contribution in [0, 0.1) is 29.5 Å². The number of phenols is 1. The van der Waals surface area contributed by atoms with E-state index in [1.165, 1.54) is 17.0 Å². The molecule has 4 unspecified atom stereocenters. The van der Waals surface area contributed by atoms with Crippen molar-refractivity contribution in [3.05, 3.63) is 41.7 Å². The Hall–Kier alpha value is -2.17. The Bertz CT molecular complexity index is 845. The van der Waals surface area contributed by atoms with Gasteiger partial charge in [-0.1, -0.05) is 18.2 Å². The molecule has 1 saturated heterocycles. The van der Waals surface area contributed by atoms with Crippen LogP contribution in [0.15, 0.2) is 35.3 Å². The topological polar surface area (TPSA) is 94.0 Å². The molecule has 3 N–H and O–H groups in total. The van der Waals surface area contributed by atoms with E-state index >= 15 is 0 Å². The molecule has 156 valence electrons. The Morgan fingerprint density at radius 1 is 1.21 bits per heavy atom. The van der Waals surface area contributed by atoms with Crippen molar-refractivity contribution >= 4 is 41.8 Å². The zero-order chi connectivity index (χ0) is 19.8. The highest BCUT2D eigenvalue weighted by Gasteiger charge is 2.58. The van der Waals surface area contributed by atoms with Gasteiger partial charge in [-0.25, -0.2) is 4.39 Å². The fourth-order valence-electron chi connectivity index (χ4n) is 4.54. The summed E-state index contributed by atoms with van der Waals surface area (Å²) < 4.78 is 13.4. The number of carbonyl (C=O) groups is 2. The van der Waals surface area contributed by atoms with Crippen LogP contribution >= 0.6 is 24.0 Å². The highest BCUT2D eigenvalue weighted by molar-refractivity contribution is 14.0. The van der Waals surface area contributed by atoms with Gasteiger partial charge in [-0.05, 0) is 36.0 Å². The number of benzene rings is 1. The number of carbonyl (C=O) groups excluding carboxylic acids is 2. The number of halogens is 2. The number of aliphatic imine (C=N–C) groups is 1. The first-order chi connectivity index (χ1) is 13.5. The molecular formula is C20H24FIN4O3. The number of fused-ring (bicyclic) bond motifs is 5. The van der Waals surface area contributed by atoms with Crippen LogP contribution in [0.1, 0.15) is 12.0 Å². The van der Waals surface area contributed by atoms with Gasteiger partial charge in [0.2, 0.25) is 11.8 Å². The zero-order valence-corrected chi connectivity index (χ0v) is 18.3. The number of hydrogen-bond acceptors (Lipinski definition) is 4. The quantitative estimate of drug-likeness (QED) is 0.183. The van der Waals surface area contributed by atoms with Gasteiger partial charge in [0, 0.05) is 26.7 Å². The molecule has 1 aliphatic heterocycles. The van der Waals surface area contributed by atoms with E-state index in [9.17, 15) is 19.1 Å². The average molecular weight is 514 g/mol. The summed E-state index contributed by atoms with van der Waals surface area (Å²) in [7, 11) is 1.60. The summed E-state index contributed by atoms with van der Waals surface area (Å²) >= 11 is 0. The van der Waals surface area contributed by atoms with Crippen molar-refractivity contribution in [3.8, 4) is 5.75 Å². The number of likely N-dealkylation sites (tertiary alicyclic amines) is 1. The highest BCUT2D eigenvalue weighted by atomic mass is 127. The Morgan fingerprint density at radius 3 is 2.45 bits per heavy atom. The molecule has 9 heteroatoms. The Balaban J connectivity index is 0.00000240. The first kappa shape index (κ1) is 21.5. The second kappa shape index (κ2) is 8.68. The summed E-state index contributed by atoms with van der Waals surface area (Å²) in [4.78, 5) is 30.8. The molecule has 1 aromatic rings. The minimum Gasteiger partial charge on any atom is -0.505 e. The van der Waals surface area contributed by atoms with Gasteiger partial charge in [0.25, 0.3) is 0 Å². The van der Waals surface area contributed by atoms with E-state index in [1.54, 1.807) is 13.1 Å². The monoisotopic (exact) mass is 514 g/mol. The van der Waals surface area contributed by atoms with E-state index in [0.717, 1.165) is 6.42 Å². The number of allylic oxidation sites excluding steroid dienone is 2. The second-order valence-corrected chi connectivity index (χ2v) is 7.47. The minimum atomic E-state index is -0.678. The molecule has 4 rings (SSSR count). The minimum absolute atomic E-state index is 0. The van der Waals surface area contributed by atoms with Gasteiger partial charge in [-0.2, -0.15) is 0 Å². The molecule has 2 aliphatic carbocycles. The molecule has 0 radical (unpaired) electrons. The fraction of sp³-hybridized carbons (Fsp3) is 0.450. The molecule has 7 nitrogen and oxygen atoms in total. The van der Waals surface area contributed by atoms with Crippen LogP contribution in [0.4, 0.5) is 4.39 Å². The third-order valence-corrected chi connectivity index (χ3v) is 5.89. The number of nitrogens with zero attached hydrogens (tertiary/aromatic N) is 2. The van der Waals surface area contributed by atoms with Crippen LogP contribution in [0.5, 0.6) is 5.75 Å². The second-order valence-electron chi connectivity index (χ2n) is 7.47. The van der Waals surface area contributed by atoms with Gasteiger partial charge in [-0.15, -0.1) is 24.0 Å². The fourth-order valence-corrected chi connectivity index (χ4v) is 4.54. The highest BCUT2D eigenvalue weighted by Crippen LogP contribution is 2.52. The Morgan fingerprint density at radius 2 is 1.86 bits per heavy atom. The van der Waals surface area contributed by atoms with Crippen LogP contribution in [-0.2, 0) is 16.1 Å². The molecule has 1 aromatic carbocycles. The van der Waals surface area contributed by atoms with Crippen LogP contribution in [0.3, 0.4) is 0 Å². The van der Waals surface area contributed by atoms with E-state index in [4.69, 9.17) is 0 Å². The Labute approximate surface area is 185 Å². The predicted octanol–water partition coefficient (Wildman–Crippen LogP) is 1.62. The molecule has 4 atom stereocenters. The van der Waals surface area contributed by atoms with Gasteiger partial charge in [0.15, 0.2) is 17.5 Å². The van der Waals surface area contributed by atoms with Crippen molar-refractivity contribution in [2.75, 3.05) is 20.1 Å². The summed E-state index contributed by atoms with van der Waals surface area (Å²) in [5.74, 6) is -0.633. The van der Waals surface area contributed by atoms with Crippen molar-refractivity contribution < 1.29 is 19.1 Å². The van der Waals surface area contributed by atoms with Gasteiger partial charge < -0.3 is 15.7 Å². The number of rotatable bonds is 5. The SMILES string of the molecule is CN=C(NCCN1C(=O)C2C3C=CC(C3)C2C1=O)NCc1ccc(O)c(F)c1.I. The smallest absolute Gasteiger partial charge is 0.233 e. The van der Waals surface area contributed by atoms with E-state index in [2.05, 4.69) is 27.8 Å². The lowest BCUT2D eigenvalue weighted by molar-refractivity contribution is -0.140. The van der Waals surface area contributed by atoms with Gasteiger partial charge >= 0.3 is 0 Å². The van der Waals surface area contributed by atoms with Crippen molar-refractivity contribution in [3.63, 3.8) is 0 Å². The molecule has 2 fully saturated rings. The maximum absolute atomic E-state index is 13.4. The van der Waals surface area contributed by atoms with Gasteiger partial charge in [-0.3, -0.25) is 19.5 Å².